The van der Waals surface area contributed by atoms with E-state index in [1.165, 1.54) is 12.8 Å². The van der Waals surface area contributed by atoms with E-state index in [-0.39, 0.29) is 5.92 Å². The molecule has 144 valence electrons. The molecule has 0 radical (unpaired) electrons. The van der Waals surface area contributed by atoms with Crippen molar-refractivity contribution in [2.75, 3.05) is 13.1 Å². The Morgan fingerprint density at radius 3 is 2.74 bits per heavy atom. The van der Waals surface area contributed by atoms with Crippen LogP contribution in [0.5, 0.6) is 0 Å². The summed E-state index contributed by atoms with van der Waals surface area (Å²) in [5.74, 6) is 3.27. The van der Waals surface area contributed by atoms with Gasteiger partial charge in [-0.15, -0.1) is 0 Å². The van der Waals surface area contributed by atoms with Gasteiger partial charge in [0, 0.05) is 48.9 Å². The van der Waals surface area contributed by atoms with E-state index in [0.29, 0.717) is 17.7 Å². The minimum Gasteiger partial charge on any atom is -0.342 e. The largest absolute Gasteiger partial charge is 0.342 e. The van der Waals surface area contributed by atoms with Crippen molar-refractivity contribution in [1.29, 1.82) is 0 Å². The van der Waals surface area contributed by atoms with Crippen LogP contribution in [0.15, 0.2) is 30.6 Å². The number of hydrogen-bond acceptors (Lipinski definition) is 3. The number of nitrogens with zero attached hydrogens (tertiary/aromatic N) is 4. The van der Waals surface area contributed by atoms with Gasteiger partial charge in [0.05, 0.1) is 0 Å². The molecule has 3 heterocycles. The van der Waals surface area contributed by atoms with Gasteiger partial charge in [-0.05, 0) is 37.8 Å². The first kappa shape index (κ1) is 18.2. The number of likely N-dealkylation sites (tertiary alicyclic amines) is 1. The van der Waals surface area contributed by atoms with Crippen molar-refractivity contribution in [1.82, 2.24) is 19.4 Å². The van der Waals surface area contributed by atoms with Crippen LogP contribution in [0.2, 0.25) is 0 Å². The van der Waals surface area contributed by atoms with Crippen LogP contribution in [0.4, 0.5) is 0 Å². The van der Waals surface area contributed by atoms with E-state index >= 15 is 0 Å². The van der Waals surface area contributed by atoms with Gasteiger partial charge in [-0.2, -0.15) is 0 Å². The molecule has 0 spiro atoms. The van der Waals surface area contributed by atoms with Crippen molar-refractivity contribution in [3.63, 3.8) is 0 Å². The van der Waals surface area contributed by atoms with Crippen molar-refractivity contribution in [3.8, 4) is 5.82 Å². The molecule has 2 aliphatic rings. The molecule has 2 fully saturated rings. The van der Waals surface area contributed by atoms with Crippen LogP contribution >= 0.6 is 0 Å². The van der Waals surface area contributed by atoms with Crippen LogP contribution in [0.3, 0.4) is 0 Å². The third-order valence-electron chi connectivity index (χ3n) is 6.04. The number of carbonyl (C=O) groups excluding carboxylic acids is 1. The SMILES string of the molecule is CC(C)c1nccn1-c1cccc([C@@H]2CCCN(C(=O)C3CCCC3)C2)n1. The Kier molecular flexibility index (Phi) is 5.28. The van der Waals surface area contributed by atoms with Crippen molar-refractivity contribution < 1.29 is 4.79 Å². The predicted octanol–water partition coefficient (Wildman–Crippen LogP) is 4.29. The zero-order chi connectivity index (χ0) is 18.8. The van der Waals surface area contributed by atoms with Crippen LogP contribution in [0, 0.1) is 5.92 Å². The summed E-state index contributed by atoms with van der Waals surface area (Å²) < 4.78 is 2.08. The maximum atomic E-state index is 12.8. The van der Waals surface area contributed by atoms with E-state index < -0.39 is 0 Å². The minimum absolute atomic E-state index is 0.266. The fraction of sp³-hybridized carbons (Fsp3) is 0.591. The molecule has 5 heteroatoms. The molecule has 0 N–H and O–H groups in total. The lowest BCUT2D eigenvalue weighted by molar-refractivity contribution is -0.136. The van der Waals surface area contributed by atoms with Crippen molar-refractivity contribution in [2.45, 2.75) is 64.2 Å². The normalized spacial score (nSPS) is 21.1. The number of piperidine rings is 1. The van der Waals surface area contributed by atoms with Crippen molar-refractivity contribution in [2.24, 2.45) is 5.92 Å². The highest BCUT2D eigenvalue weighted by Gasteiger charge is 2.31. The standard InChI is InChI=1S/C22H30N4O/c1-16(2)21-23-12-14-26(21)20-11-5-10-19(24-20)18-9-6-13-25(15-18)22(27)17-7-3-4-8-17/h5,10-12,14,16-18H,3-4,6-9,13,15H2,1-2H3/t18-/m1/s1. The second-order valence-corrected chi connectivity index (χ2v) is 8.34. The molecule has 5 nitrogen and oxygen atoms in total. The van der Waals surface area contributed by atoms with Crippen LogP contribution in [0.1, 0.15) is 75.7 Å². The number of imidazole rings is 1. The van der Waals surface area contributed by atoms with E-state index in [0.717, 1.165) is 56.1 Å². The molecule has 1 amide bonds. The number of amides is 1. The van der Waals surface area contributed by atoms with E-state index in [1.54, 1.807) is 0 Å². The topological polar surface area (TPSA) is 51.0 Å². The van der Waals surface area contributed by atoms with Crippen LogP contribution in [-0.2, 0) is 4.79 Å². The van der Waals surface area contributed by atoms with E-state index in [4.69, 9.17) is 4.98 Å². The molecule has 4 rings (SSSR count). The highest BCUT2D eigenvalue weighted by atomic mass is 16.2. The van der Waals surface area contributed by atoms with Gasteiger partial charge in [-0.3, -0.25) is 9.36 Å². The molecule has 1 aliphatic heterocycles. The summed E-state index contributed by atoms with van der Waals surface area (Å²) >= 11 is 0. The number of hydrogen-bond donors (Lipinski definition) is 0. The summed E-state index contributed by atoms with van der Waals surface area (Å²) in [7, 11) is 0. The lowest BCUT2D eigenvalue weighted by Crippen LogP contribution is -2.42. The summed E-state index contributed by atoms with van der Waals surface area (Å²) in [5.41, 5.74) is 1.10. The summed E-state index contributed by atoms with van der Waals surface area (Å²) in [6.07, 6.45) is 10.6. The quantitative estimate of drug-likeness (QED) is 0.811. The molecule has 0 bridgehead atoms. The highest BCUT2D eigenvalue weighted by molar-refractivity contribution is 5.79. The molecule has 1 saturated heterocycles. The average Bonchev–Trinajstić information content (AvgIpc) is 3.39. The highest BCUT2D eigenvalue weighted by Crippen LogP contribution is 2.31. The zero-order valence-electron chi connectivity index (χ0n) is 16.5. The van der Waals surface area contributed by atoms with E-state index in [2.05, 4.69) is 40.4 Å². The molecule has 2 aromatic rings. The number of aromatic nitrogens is 3. The lowest BCUT2D eigenvalue weighted by atomic mass is 9.93. The van der Waals surface area contributed by atoms with Gasteiger partial charge in [-0.1, -0.05) is 32.8 Å². The first-order chi connectivity index (χ1) is 13.1. The summed E-state index contributed by atoms with van der Waals surface area (Å²) in [6.45, 7) is 6.02. The Morgan fingerprint density at radius 1 is 1.15 bits per heavy atom. The Bertz CT molecular complexity index is 791. The average molecular weight is 367 g/mol. The summed E-state index contributed by atoms with van der Waals surface area (Å²) in [5, 5.41) is 0. The Balaban J connectivity index is 1.53. The third-order valence-corrected chi connectivity index (χ3v) is 6.04. The van der Waals surface area contributed by atoms with Crippen LogP contribution < -0.4 is 0 Å². The number of rotatable bonds is 4. The number of carbonyl (C=O) groups is 1. The fourth-order valence-electron chi connectivity index (χ4n) is 4.59. The van der Waals surface area contributed by atoms with Gasteiger partial charge in [0.2, 0.25) is 5.91 Å². The second-order valence-electron chi connectivity index (χ2n) is 8.34. The number of pyridine rings is 1. The van der Waals surface area contributed by atoms with Gasteiger partial charge in [0.1, 0.15) is 11.6 Å². The first-order valence-electron chi connectivity index (χ1n) is 10.4. The molecule has 27 heavy (non-hydrogen) atoms. The molecular weight excluding hydrogens is 336 g/mol. The van der Waals surface area contributed by atoms with E-state index in [1.807, 2.05) is 18.5 Å². The Labute approximate surface area is 161 Å². The van der Waals surface area contributed by atoms with E-state index in [9.17, 15) is 4.79 Å². The minimum atomic E-state index is 0.266. The molecule has 0 aromatic carbocycles. The van der Waals surface area contributed by atoms with Gasteiger partial charge in [-0.25, -0.2) is 9.97 Å². The van der Waals surface area contributed by atoms with Crippen LogP contribution in [-0.4, -0.2) is 38.4 Å². The molecule has 1 aliphatic carbocycles. The summed E-state index contributed by atoms with van der Waals surface area (Å²) in [6, 6.07) is 6.24. The zero-order valence-corrected chi connectivity index (χ0v) is 16.5. The monoisotopic (exact) mass is 366 g/mol. The molecule has 1 atom stereocenters. The Hall–Kier alpha value is -2.17. The van der Waals surface area contributed by atoms with Gasteiger partial charge in [0.15, 0.2) is 0 Å². The van der Waals surface area contributed by atoms with Crippen molar-refractivity contribution >= 4 is 5.91 Å². The molecule has 2 aromatic heterocycles. The molecule has 0 unspecified atom stereocenters. The van der Waals surface area contributed by atoms with Crippen molar-refractivity contribution in [3.05, 3.63) is 42.1 Å². The van der Waals surface area contributed by atoms with Gasteiger partial charge in [0.25, 0.3) is 0 Å². The van der Waals surface area contributed by atoms with Crippen LogP contribution in [0.25, 0.3) is 5.82 Å². The summed E-state index contributed by atoms with van der Waals surface area (Å²) in [4.78, 5) is 24.4. The van der Waals surface area contributed by atoms with Gasteiger partial charge < -0.3 is 4.90 Å². The second kappa shape index (κ2) is 7.83. The van der Waals surface area contributed by atoms with Gasteiger partial charge >= 0.3 is 0 Å². The maximum Gasteiger partial charge on any atom is 0.225 e. The fourth-order valence-corrected chi connectivity index (χ4v) is 4.59. The lowest BCUT2D eigenvalue weighted by Gasteiger charge is -2.34. The molecule has 1 saturated carbocycles. The third kappa shape index (κ3) is 3.78. The Morgan fingerprint density at radius 2 is 1.96 bits per heavy atom. The molecular formula is C22H30N4O. The first-order valence-corrected chi connectivity index (χ1v) is 10.4. The maximum absolute atomic E-state index is 12.8. The predicted molar refractivity (Wildman–Crippen MR) is 106 cm³/mol. The smallest absolute Gasteiger partial charge is 0.225 e.